The Labute approximate surface area is 103 Å². The summed E-state index contributed by atoms with van der Waals surface area (Å²) < 4.78 is 15.7. The molecular formula is C12H11ClFN3. The summed E-state index contributed by atoms with van der Waals surface area (Å²) in [6.07, 6.45) is 2.17. The van der Waals surface area contributed by atoms with Crippen molar-refractivity contribution in [1.82, 2.24) is 14.8 Å². The van der Waals surface area contributed by atoms with Crippen LogP contribution in [0.2, 0.25) is 0 Å². The van der Waals surface area contributed by atoms with Crippen LogP contribution in [0.4, 0.5) is 4.39 Å². The number of alkyl halides is 1. The molecule has 0 amide bonds. The first kappa shape index (κ1) is 10.7. The lowest BCUT2D eigenvalue weighted by Gasteiger charge is -2.07. The number of rotatable bonds is 3. The minimum atomic E-state index is -0.275. The van der Waals surface area contributed by atoms with E-state index in [1.807, 2.05) is 4.57 Å². The molecule has 5 heteroatoms. The van der Waals surface area contributed by atoms with Crippen LogP contribution in [-0.2, 0) is 5.88 Å². The summed E-state index contributed by atoms with van der Waals surface area (Å²) >= 11 is 5.83. The molecule has 3 rings (SSSR count). The number of benzene rings is 1. The van der Waals surface area contributed by atoms with Gasteiger partial charge in [0.1, 0.15) is 11.6 Å². The van der Waals surface area contributed by atoms with Crippen LogP contribution in [-0.4, -0.2) is 14.8 Å². The topological polar surface area (TPSA) is 30.7 Å². The summed E-state index contributed by atoms with van der Waals surface area (Å²) in [4.78, 5) is 0. The van der Waals surface area contributed by atoms with Crippen LogP contribution in [0.15, 0.2) is 24.3 Å². The van der Waals surface area contributed by atoms with Crippen molar-refractivity contribution in [3.05, 3.63) is 35.9 Å². The van der Waals surface area contributed by atoms with Gasteiger partial charge in [0.2, 0.25) is 0 Å². The van der Waals surface area contributed by atoms with Gasteiger partial charge in [-0.25, -0.2) is 4.39 Å². The van der Waals surface area contributed by atoms with Gasteiger partial charge in [-0.3, -0.25) is 0 Å². The lowest BCUT2D eigenvalue weighted by atomic mass is 10.2. The molecule has 0 aliphatic heterocycles. The Balaban J connectivity index is 2.14. The third kappa shape index (κ3) is 1.82. The SMILES string of the molecule is Fc1ccccc1-c1nnc(CCl)n1C1CC1. The lowest BCUT2D eigenvalue weighted by Crippen LogP contribution is -2.02. The fraction of sp³-hybridized carbons (Fsp3) is 0.333. The Bertz CT molecular complexity index is 548. The average Bonchev–Trinajstić information content (AvgIpc) is 3.10. The zero-order valence-corrected chi connectivity index (χ0v) is 9.86. The second-order valence-corrected chi connectivity index (χ2v) is 4.42. The zero-order chi connectivity index (χ0) is 11.8. The van der Waals surface area contributed by atoms with Gasteiger partial charge in [-0.15, -0.1) is 21.8 Å². The van der Waals surface area contributed by atoms with Gasteiger partial charge in [0, 0.05) is 6.04 Å². The monoisotopic (exact) mass is 251 g/mol. The summed E-state index contributed by atoms with van der Waals surface area (Å²) in [7, 11) is 0. The van der Waals surface area contributed by atoms with E-state index < -0.39 is 0 Å². The van der Waals surface area contributed by atoms with Crippen molar-refractivity contribution in [1.29, 1.82) is 0 Å². The third-order valence-electron chi connectivity index (χ3n) is 2.91. The third-order valence-corrected chi connectivity index (χ3v) is 3.15. The number of aromatic nitrogens is 3. The molecule has 1 aromatic heterocycles. The standard InChI is InChI=1S/C12H11ClFN3/c13-7-11-15-16-12(17(11)8-5-6-8)9-3-1-2-4-10(9)14/h1-4,8H,5-7H2. The highest BCUT2D eigenvalue weighted by molar-refractivity contribution is 6.16. The largest absolute Gasteiger partial charge is 0.307 e. The molecule has 1 saturated carbocycles. The number of halogens is 2. The predicted molar refractivity (Wildman–Crippen MR) is 63.2 cm³/mol. The first-order valence-electron chi connectivity index (χ1n) is 5.56. The molecule has 0 unspecified atom stereocenters. The maximum Gasteiger partial charge on any atom is 0.167 e. The molecule has 0 atom stereocenters. The molecule has 17 heavy (non-hydrogen) atoms. The molecule has 0 bridgehead atoms. The van der Waals surface area contributed by atoms with E-state index in [1.54, 1.807) is 18.2 Å². The normalized spacial score (nSPS) is 15.2. The fourth-order valence-electron chi connectivity index (χ4n) is 1.96. The Morgan fingerprint density at radius 2 is 2.06 bits per heavy atom. The Morgan fingerprint density at radius 1 is 1.29 bits per heavy atom. The maximum atomic E-state index is 13.7. The smallest absolute Gasteiger partial charge is 0.167 e. The van der Waals surface area contributed by atoms with Gasteiger partial charge in [0.15, 0.2) is 5.82 Å². The molecule has 2 aromatic rings. The van der Waals surface area contributed by atoms with E-state index in [0.29, 0.717) is 29.1 Å². The fourth-order valence-corrected chi connectivity index (χ4v) is 2.14. The molecule has 3 nitrogen and oxygen atoms in total. The zero-order valence-electron chi connectivity index (χ0n) is 9.11. The van der Waals surface area contributed by atoms with Crippen LogP contribution in [0.3, 0.4) is 0 Å². The minimum Gasteiger partial charge on any atom is -0.307 e. The van der Waals surface area contributed by atoms with Crippen molar-refractivity contribution in [2.24, 2.45) is 0 Å². The van der Waals surface area contributed by atoms with Gasteiger partial charge < -0.3 is 4.57 Å². The molecule has 1 heterocycles. The van der Waals surface area contributed by atoms with E-state index in [1.165, 1.54) is 6.07 Å². The van der Waals surface area contributed by atoms with Gasteiger partial charge in [0.25, 0.3) is 0 Å². The van der Waals surface area contributed by atoms with Crippen LogP contribution in [0.5, 0.6) is 0 Å². The van der Waals surface area contributed by atoms with Crippen LogP contribution < -0.4 is 0 Å². The van der Waals surface area contributed by atoms with Gasteiger partial charge in [-0.05, 0) is 25.0 Å². The van der Waals surface area contributed by atoms with Crippen molar-refractivity contribution in [2.45, 2.75) is 24.8 Å². The Kier molecular flexibility index (Phi) is 2.59. The highest BCUT2D eigenvalue weighted by atomic mass is 35.5. The molecule has 1 aliphatic carbocycles. The van der Waals surface area contributed by atoms with Crippen molar-refractivity contribution in [3.63, 3.8) is 0 Å². The predicted octanol–water partition coefficient (Wildman–Crippen LogP) is 3.16. The molecule has 0 spiro atoms. The molecule has 0 radical (unpaired) electrons. The molecule has 1 aliphatic rings. The second kappa shape index (κ2) is 4.11. The van der Waals surface area contributed by atoms with Crippen molar-refractivity contribution in [2.75, 3.05) is 0 Å². The Morgan fingerprint density at radius 3 is 2.71 bits per heavy atom. The van der Waals surface area contributed by atoms with E-state index in [9.17, 15) is 4.39 Å². The first-order chi connectivity index (χ1) is 8.31. The summed E-state index contributed by atoms with van der Waals surface area (Å²) in [6.45, 7) is 0. The molecule has 88 valence electrons. The highest BCUT2D eigenvalue weighted by Crippen LogP contribution is 2.39. The minimum absolute atomic E-state index is 0.275. The molecule has 1 aromatic carbocycles. The van der Waals surface area contributed by atoms with Gasteiger partial charge in [0.05, 0.1) is 11.4 Å². The van der Waals surface area contributed by atoms with E-state index in [-0.39, 0.29) is 5.82 Å². The van der Waals surface area contributed by atoms with Crippen LogP contribution in [0.1, 0.15) is 24.7 Å². The summed E-state index contributed by atoms with van der Waals surface area (Å²) in [5.41, 5.74) is 0.489. The van der Waals surface area contributed by atoms with E-state index in [0.717, 1.165) is 12.8 Å². The molecular weight excluding hydrogens is 241 g/mol. The van der Waals surface area contributed by atoms with Gasteiger partial charge >= 0.3 is 0 Å². The summed E-state index contributed by atoms with van der Waals surface area (Å²) in [5, 5.41) is 8.10. The Hall–Kier alpha value is -1.42. The van der Waals surface area contributed by atoms with Gasteiger partial charge in [-0.1, -0.05) is 12.1 Å². The average molecular weight is 252 g/mol. The lowest BCUT2D eigenvalue weighted by molar-refractivity contribution is 0.625. The number of nitrogens with zero attached hydrogens (tertiary/aromatic N) is 3. The maximum absolute atomic E-state index is 13.7. The number of hydrogen-bond donors (Lipinski definition) is 0. The van der Waals surface area contributed by atoms with Crippen LogP contribution in [0.25, 0.3) is 11.4 Å². The number of hydrogen-bond acceptors (Lipinski definition) is 2. The quantitative estimate of drug-likeness (QED) is 0.785. The van der Waals surface area contributed by atoms with Gasteiger partial charge in [-0.2, -0.15) is 0 Å². The highest BCUT2D eigenvalue weighted by Gasteiger charge is 2.30. The first-order valence-corrected chi connectivity index (χ1v) is 6.09. The van der Waals surface area contributed by atoms with E-state index >= 15 is 0 Å². The van der Waals surface area contributed by atoms with Crippen molar-refractivity contribution in [3.8, 4) is 11.4 Å². The van der Waals surface area contributed by atoms with E-state index in [2.05, 4.69) is 10.2 Å². The molecule has 1 fully saturated rings. The van der Waals surface area contributed by atoms with Crippen LogP contribution >= 0.6 is 11.6 Å². The van der Waals surface area contributed by atoms with E-state index in [4.69, 9.17) is 11.6 Å². The van der Waals surface area contributed by atoms with Crippen LogP contribution in [0, 0.1) is 5.82 Å². The van der Waals surface area contributed by atoms with Crippen molar-refractivity contribution >= 4 is 11.6 Å². The molecule has 0 N–H and O–H groups in total. The molecule has 0 saturated heterocycles. The summed E-state index contributed by atoms with van der Waals surface area (Å²) in [6, 6.07) is 7.00. The van der Waals surface area contributed by atoms with Crippen molar-refractivity contribution < 1.29 is 4.39 Å². The second-order valence-electron chi connectivity index (χ2n) is 4.15. The summed E-state index contributed by atoms with van der Waals surface area (Å²) in [5.74, 6) is 1.33.